The molecular weight excluding hydrogens is 753 g/mol. The summed E-state index contributed by atoms with van der Waals surface area (Å²) in [7, 11) is 0. The van der Waals surface area contributed by atoms with Crippen molar-refractivity contribution in [3.63, 3.8) is 0 Å². The van der Waals surface area contributed by atoms with Crippen molar-refractivity contribution in [3.05, 3.63) is 23.5 Å². The van der Waals surface area contributed by atoms with Gasteiger partial charge in [-0.15, -0.1) is 0 Å². The SMILES string of the molecule is CC1CCCC2(C)CCC3C4(C)CCC56[I-]C5(C)C(=O)C(O)=CC6(C)C4=CC(=O)C3(I)C12I. The number of ketones is 2. The summed E-state index contributed by atoms with van der Waals surface area (Å²) in [6.45, 7) is 11.6. The number of carbonyl (C=O) groups is 2. The van der Waals surface area contributed by atoms with Crippen LogP contribution in [0.15, 0.2) is 23.5 Å². The van der Waals surface area contributed by atoms with E-state index < -0.39 is 3.42 Å². The molecule has 3 saturated carbocycles. The van der Waals surface area contributed by atoms with E-state index >= 15 is 0 Å². The standard InChI is InChI=1S/C27H34I3O3/c1-15-7-6-9-21(2)10-8-17-22(3)11-12-25-23(4,14-16(31)20(33)24(25,5)30-25)18(22)13-19(32)26(17,28)27(15,21)29/h13-15,17,31H,6-12H2,1-5H3/q-1. The van der Waals surface area contributed by atoms with E-state index in [1.165, 1.54) is 31.3 Å². The number of allylic oxidation sites excluding steroid dienone is 4. The van der Waals surface area contributed by atoms with E-state index in [2.05, 4.69) is 79.8 Å². The van der Waals surface area contributed by atoms with Gasteiger partial charge in [0.2, 0.25) is 0 Å². The van der Waals surface area contributed by atoms with Gasteiger partial charge in [0.05, 0.1) is 0 Å². The Bertz CT molecular complexity index is 1080. The topological polar surface area (TPSA) is 54.4 Å². The van der Waals surface area contributed by atoms with E-state index in [4.69, 9.17) is 0 Å². The zero-order valence-corrected chi connectivity index (χ0v) is 26.6. The Morgan fingerprint density at radius 3 is 2.42 bits per heavy atom. The van der Waals surface area contributed by atoms with Gasteiger partial charge < -0.3 is 0 Å². The van der Waals surface area contributed by atoms with Gasteiger partial charge in [0.1, 0.15) is 0 Å². The van der Waals surface area contributed by atoms with Gasteiger partial charge in [0.25, 0.3) is 0 Å². The second-order valence-electron chi connectivity index (χ2n) is 12.7. The minimum absolute atomic E-state index is 0.0393. The average molecular weight is 787 g/mol. The minimum atomic E-state index is -0.407. The van der Waals surface area contributed by atoms with Gasteiger partial charge in [-0.25, -0.2) is 0 Å². The molecule has 6 aliphatic rings. The van der Waals surface area contributed by atoms with Crippen molar-refractivity contribution in [1.82, 2.24) is 0 Å². The van der Waals surface area contributed by atoms with Gasteiger partial charge >= 0.3 is 237 Å². The fourth-order valence-electron chi connectivity index (χ4n) is 9.61. The first-order chi connectivity index (χ1) is 15.2. The molecule has 33 heavy (non-hydrogen) atoms. The molecule has 0 aromatic rings. The molecule has 6 rings (SSSR count). The van der Waals surface area contributed by atoms with Crippen molar-refractivity contribution >= 4 is 56.7 Å². The predicted octanol–water partition coefficient (Wildman–Crippen LogP) is 3.51. The van der Waals surface area contributed by atoms with Gasteiger partial charge in [0.15, 0.2) is 0 Å². The summed E-state index contributed by atoms with van der Waals surface area (Å²) in [5.74, 6) is 1.02. The van der Waals surface area contributed by atoms with Crippen LogP contribution in [0.2, 0.25) is 0 Å². The molecule has 1 aliphatic heterocycles. The molecule has 1 saturated heterocycles. The second kappa shape index (κ2) is 6.62. The molecule has 5 aliphatic carbocycles. The molecule has 1 N–H and O–H groups in total. The second-order valence-corrected chi connectivity index (χ2v) is 20.6. The quantitative estimate of drug-likeness (QED) is 0.303. The Morgan fingerprint density at radius 1 is 1.03 bits per heavy atom. The molecule has 0 bridgehead atoms. The third kappa shape index (κ3) is 2.32. The number of hydrogen-bond donors (Lipinski definition) is 1. The zero-order valence-electron chi connectivity index (χ0n) is 20.2. The van der Waals surface area contributed by atoms with Gasteiger partial charge in [-0.2, -0.15) is 0 Å². The van der Waals surface area contributed by atoms with Crippen molar-refractivity contribution < 1.29 is 35.9 Å². The first-order valence-electron chi connectivity index (χ1n) is 12.5. The molecule has 9 unspecified atom stereocenters. The van der Waals surface area contributed by atoms with Crippen LogP contribution in [0, 0.1) is 28.1 Å². The first-order valence-corrected chi connectivity index (χ1v) is 16.8. The van der Waals surface area contributed by atoms with Crippen molar-refractivity contribution in [3.8, 4) is 0 Å². The maximum atomic E-state index is 14.4. The van der Waals surface area contributed by atoms with Crippen molar-refractivity contribution in [2.24, 2.45) is 28.1 Å². The summed E-state index contributed by atoms with van der Waals surface area (Å²) in [5, 5.41) is 10.7. The third-order valence-corrected chi connectivity index (χ3v) is 23.4. The number of halogens is 3. The molecule has 0 amide bonds. The number of alkyl halides is 4. The monoisotopic (exact) mass is 787 g/mol. The summed E-state index contributed by atoms with van der Waals surface area (Å²) in [5.41, 5.74) is 0.968. The number of Topliss-reactive ketones (excluding diaryl/α,β-unsaturated/α-hetero) is 1. The maximum absolute atomic E-state index is 14.4. The Balaban J connectivity index is 1.57. The van der Waals surface area contributed by atoms with Gasteiger partial charge in [0, 0.05) is 0 Å². The summed E-state index contributed by atoms with van der Waals surface area (Å²) in [6, 6.07) is 0. The number of rotatable bonds is 0. The van der Waals surface area contributed by atoms with Crippen LogP contribution in [0.4, 0.5) is 0 Å². The van der Waals surface area contributed by atoms with E-state index in [-0.39, 0.29) is 59.3 Å². The van der Waals surface area contributed by atoms with Crippen LogP contribution >= 0.6 is 45.2 Å². The predicted molar refractivity (Wildman–Crippen MR) is 143 cm³/mol. The number of carbonyl (C=O) groups excluding carboxylic acids is 2. The Morgan fingerprint density at radius 2 is 1.73 bits per heavy atom. The zero-order chi connectivity index (χ0) is 24.0. The average Bonchev–Trinajstić information content (AvgIpc) is 3.38. The molecule has 9 atom stereocenters. The summed E-state index contributed by atoms with van der Waals surface area (Å²) >= 11 is 5.02. The summed E-state index contributed by atoms with van der Waals surface area (Å²) in [6.07, 6.45) is 12.0. The van der Waals surface area contributed by atoms with Crippen LogP contribution in [-0.4, -0.2) is 30.4 Å². The van der Waals surface area contributed by atoms with Crippen LogP contribution in [0.1, 0.15) is 79.6 Å². The number of fused-ring (bicyclic) bond motifs is 6. The number of aliphatic hydroxyl groups is 1. The molecule has 1 spiro atoms. The molecular formula is C27H34I3O3-. The third-order valence-electron chi connectivity index (χ3n) is 11.5. The van der Waals surface area contributed by atoms with E-state index in [1.807, 2.05) is 12.2 Å². The van der Waals surface area contributed by atoms with E-state index in [9.17, 15) is 14.7 Å². The molecule has 0 aromatic carbocycles. The first kappa shape index (κ1) is 24.2. The Hall–Kier alpha value is 0.810. The van der Waals surface area contributed by atoms with Gasteiger partial charge in [-0.1, -0.05) is 0 Å². The van der Waals surface area contributed by atoms with E-state index in [0.29, 0.717) is 17.6 Å². The van der Waals surface area contributed by atoms with E-state index in [1.54, 1.807) is 0 Å². The Labute approximate surface area is 235 Å². The molecule has 0 aromatic heterocycles. The van der Waals surface area contributed by atoms with Crippen LogP contribution < -0.4 is 21.2 Å². The molecule has 1 heterocycles. The van der Waals surface area contributed by atoms with Gasteiger partial charge in [-0.3, -0.25) is 0 Å². The van der Waals surface area contributed by atoms with Gasteiger partial charge in [-0.05, 0) is 0 Å². The fraction of sp³-hybridized carbons (Fsp3) is 0.778. The van der Waals surface area contributed by atoms with Crippen LogP contribution in [0.5, 0.6) is 0 Å². The number of aliphatic hydroxyl groups excluding tert-OH is 1. The van der Waals surface area contributed by atoms with Crippen LogP contribution in [-0.2, 0) is 9.59 Å². The van der Waals surface area contributed by atoms with Crippen molar-refractivity contribution in [2.75, 3.05) is 0 Å². The molecule has 4 fully saturated rings. The Kier molecular flexibility index (Phi) is 4.85. The van der Waals surface area contributed by atoms with Crippen molar-refractivity contribution in [2.45, 2.75) is 93.3 Å². The number of hydrogen-bond acceptors (Lipinski definition) is 3. The summed E-state index contributed by atoms with van der Waals surface area (Å²) in [4.78, 5) is 27.4. The fourth-order valence-corrected chi connectivity index (χ4v) is 18.3. The van der Waals surface area contributed by atoms with Crippen LogP contribution in [0.25, 0.3) is 0 Å². The summed E-state index contributed by atoms with van der Waals surface area (Å²) < 4.78 is -0.881. The molecule has 0 radical (unpaired) electrons. The van der Waals surface area contributed by atoms with Crippen molar-refractivity contribution in [1.29, 1.82) is 0 Å². The van der Waals surface area contributed by atoms with E-state index in [0.717, 1.165) is 19.3 Å². The molecule has 6 heteroatoms. The molecule has 3 nitrogen and oxygen atoms in total. The molecule has 182 valence electrons. The van der Waals surface area contributed by atoms with Crippen LogP contribution in [0.3, 0.4) is 0 Å². The normalized spacial score (nSPS) is 59.5.